The minimum atomic E-state index is -1.06. The van der Waals surface area contributed by atoms with E-state index in [9.17, 15) is 33.6 Å². The fourth-order valence-corrected chi connectivity index (χ4v) is 6.97. The summed E-state index contributed by atoms with van der Waals surface area (Å²) in [6.45, 7) is 1.03. The van der Waals surface area contributed by atoms with Crippen LogP contribution in [0.2, 0.25) is 0 Å². The number of amides is 5. The standard InChI is InChI=1S/C52H65N5O12/c1-65-48(60)45(30-16-19-33-55-51(63)68-37-41-24-10-4-11-25-41)56-47(59)43(28-14-17-31-53-49(61)66-35-39-20-6-2-7-21-39)34-46(58)44(57-52(64)69-38-42-26-12-5-13-27-42)29-15-18-32-54-50(62)67-36-40-22-8-3-9-23-40/h2-13,20-27,43-45H,14-19,28-38H2,1H3,(H,53,61)(H,54,62)(H,55,63)(H,56,59)(H,57,64)/t43-,44+,45+/m1/s1. The minimum absolute atomic E-state index is 0.0369. The number of hydrogen-bond acceptors (Lipinski definition) is 12. The third-order valence-corrected chi connectivity index (χ3v) is 10.8. The van der Waals surface area contributed by atoms with Crippen LogP contribution >= 0.6 is 0 Å². The summed E-state index contributed by atoms with van der Waals surface area (Å²) in [7, 11) is 1.21. The molecule has 0 saturated carbocycles. The summed E-state index contributed by atoms with van der Waals surface area (Å²) < 4.78 is 26.3. The van der Waals surface area contributed by atoms with Crippen molar-refractivity contribution < 1.29 is 57.2 Å². The summed E-state index contributed by atoms with van der Waals surface area (Å²) in [5.74, 6) is -2.63. The fourth-order valence-electron chi connectivity index (χ4n) is 6.97. The molecule has 0 radical (unpaired) electrons. The molecule has 69 heavy (non-hydrogen) atoms. The molecule has 0 aliphatic carbocycles. The van der Waals surface area contributed by atoms with Crippen LogP contribution < -0.4 is 26.6 Å². The van der Waals surface area contributed by atoms with Crippen molar-refractivity contribution in [3.63, 3.8) is 0 Å². The molecule has 4 aromatic rings. The summed E-state index contributed by atoms with van der Waals surface area (Å²) in [4.78, 5) is 91.2. The van der Waals surface area contributed by atoms with Crippen LogP contribution in [0.15, 0.2) is 121 Å². The summed E-state index contributed by atoms with van der Waals surface area (Å²) in [5.41, 5.74) is 3.26. The van der Waals surface area contributed by atoms with Gasteiger partial charge in [0.15, 0.2) is 5.78 Å². The van der Waals surface area contributed by atoms with Crippen LogP contribution in [0.1, 0.15) is 86.5 Å². The second kappa shape index (κ2) is 32.3. The predicted octanol–water partition coefficient (Wildman–Crippen LogP) is 7.80. The largest absolute Gasteiger partial charge is 0.467 e. The number of carbonyl (C=O) groups is 7. The molecule has 0 aliphatic heterocycles. The van der Waals surface area contributed by atoms with Crippen LogP contribution in [-0.4, -0.2) is 80.9 Å². The van der Waals surface area contributed by atoms with Crippen LogP contribution in [-0.2, 0) is 64.5 Å². The summed E-state index contributed by atoms with van der Waals surface area (Å²) in [6.07, 6.45) is 0.221. The van der Waals surface area contributed by atoms with E-state index >= 15 is 0 Å². The number of esters is 1. The van der Waals surface area contributed by atoms with E-state index in [4.69, 9.17) is 23.7 Å². The molecule has 3 atom stereocenters. The van der Waals surface area contributed by atoms with E-state index in [1.807, 2.05) is 109 Å². The van der Waals surface area contributed by atoms with Crippen LogP contribution in [0.4, 0.5) is 19.2 Å². The van der Waals surface area contributed by atoms with Gasteiger partial charge in [-0.15, -0.1) is 0 Å². The molecular formula is C52H65N5O12. The van der Waals surface area contributed by atoms with Crippen molar-refractivity contribution in [3.05, 3.63) is 144 Å². The Kier molecular flexibility index (Phi) is 25.4. The minimum Gasteiger partial charge on any atom is -0.467 e. The first-order valence-electron chi connectivity index (χ1n) is 23.3. The number of hydrogen-bond donors (Lipinski definition) is 5. The second-order valence-corrected chi connectivity index (χ2v) is 16.2. The van der Waals surface area contributed by atoms with Crippen molar-refractivity contribution in [2.45, 2.75) is 103 Å². The van der Waals surface area contributed by atoms with E-state index in [0.717, 1.165) is 22.3 Å². The first kappa shape index (κ1) is 54.2. The van der Waals surface area contributed by atoms with Gasteiger partial charge in [0.1, 0.15) is 32.5 Å². The van der Waals surface area contributed by atoms with E-state index < -0.39 is 60.0 Å². The van der Waals surface area contributed by atoms with Crippen molar-refractivity contribution in [2.24, 2.45) is 5.92 Å². The van der Waals surface area contributed by atoms with Gasteiger partial charge in [-0.3, -0.25) is 9.59 Å². The monoisotopic (exact) mass is 951 g/mol. The first-order valence-corrected chi connectivity index (χ1v) is 23.3. The SMILES string of the molecule is COC(=O)[C@H](CCCCNC(=O)OCc1ccccc1)NC(=O)[C@H](CCCCNC(=O)OCc1ccccc1)CC(=O)[C@H](CCCCNC(=O)OCc1ccccc1)NC(=O)OCc1ccccc1. The van der Waals surface area contributed by atoms with E-state index in [1.54, 1.807) is 12.1 Å². The van der Waals surface area contributed by atoms with Gasteiger partial charge in [-0.25, -0.2) is 24.0 Å². The highest BCUT2D eigenvalue weighted by molar-refractivity contribution is 5.93. The second-order valence-electron chi connectivity index (χ2n) is 16.2. The summed E-state index contributed by atoms with van der Waals surface area (Å²) >= 11 is 0. The Bertz CT molecular complexity index is 2150. The van der Waals surface area contributed by atoms with Crippen LogP contribution in [0.25, 0.3) is 0 Å². The Balaban J connectivity index is 1.36. The topological polar surface area (TPSA) is 226 Å². The highest BCUT2D eigenvalue weighted by Crippen LogP contribution is 2.19. The maximum atomic E-state index is 14.2. The molecule has 0 bridgehead atoms. The van der Waals surface area contributed by atoms with E-state index in [2.05, 4.69) is 26.6 Å². The molecule has 0 spiro atoms. The number of methoxy groups -OCH3 is 1. The summed E-state index contributed by atoms with van der Waals surface area (Å²) in [5, 5.41) is 13.6. The molecule has 0 saturated heterocycles. The lowest BCUT2D eigenvalue weighted by Crippen LogP contribution is -2.46. The summed E-state index contributed by atoms with van der Waals surface area (Å²) in [6, 6.07) is 34.6. The van der Waals surface area contributed by atoms with Crippen molar-refractivity contribution in [1.82, 2.24) is 26.6 Å². The maximum absolute atomic E-state index is 14.2. The number of Topliss-reactive ketones (excluding diaryl/α,β-unsaturated/α-hetero) is 1. The van der Waals surface area contributed by atoms with Gasteiger partial charge in [-0.1, -0.05) is 128 Å². The number of unbranched alkanes of at least 4 members (excludes halogenated alkanes) is 3. The van der Waals surface area contributed by atoms with Crippen LogP contribution in [0.3, 0.4) is 0 Å². The lowest BCUT2D eigenvalue weighted by atomic mass is 9.90. The number of ketones is 1. The molecule has 4 aromatic carbocycles. The zero-order chi connectivity index (χ0) is 49.3. The Morgan fingerprint density at radius 3 is 1.14 bits per heavy atom. The lowest BCUT2D eigenvalue weighted by Gasteiger charge is -2.23. The highest BCUT2D eigenvalue weighted by atomic mass is 16.6. The van der Waals surface area contributed by atoms with Crippen LogP contribution in [0, 0.1) is 5.92 Å². The van der Waals surface area contributed by atoms with Gasteiger partial charge >= 0.3 is 30.3 Å². The van der Waals surface area contributed by atoms with Crippen molar-refractivity contribution in [2.75, 3.05) is 26.7 Å². The highest BCUT2D eigenvalue weighted by Gasteiger charge is 2.31. The predicted molar refractivity (Wildman–Crippen MR) is 256 cm³/mol. The normalized spacial score (nSPS) is 11.9. The Morgan fingerprint density at radius 2 is 0.768 bits per heavy atom. The van der Waals surface area contributed by atoms with E-state index in [0.29, 0.717) is 38.5 Å². The quantitative estimate of drug-likeness (QED) is 0.0192. The zero-order valence-corrected chi connectivity index (χ0v) is 39.2. The molecule has 4 rings (SSSR count). The zero-order valence-electron chi connectivity index (χ0n) is 39.2. The average Bonchev–Trinajstić information content (AvgIpc) is 3.37. The number of nitrogens with one attached hydrogen (secondary N) is 5. The van der Waals surface area contributed by atoms with Crippen LogP contribution in [0.5, 0.6) is 0 Å². The van der Waals surface area contributed by atoms with Gasteiger partial charge in [0.2, 0.25) is 5.91 Å². The smallest absolute Gasteiger partial charge is 0.408 e. The van der Waals surface area contributed by atoms with Gasteiger partial charge in [0.25, 0.3) is 0 Å². The van der Waals surface area contributed by atoms with Gasteiger partial charge in [-0.2, -0.15) is 0 Å². The lowest BCUT2D eigenvalue weighted by molar-refractivity contribution is -0.146. The number of benzene rings is 4. The molecule has 0 heterocycles. The number of carbonyl (C=O) groups excluding carboxylic acids is 7. The van der Waals surface area contributed by atoms with Gasteiger partial charge in [0.05, 0.1) is 13.2 Å². The molecule has 0 fully saturated rings. The maximum Gasteiger partial charge on any atom is 0.408 e. The molecule has 370 valence electrons. The molecule has 0 unspecified atom stereocenters. The number of rotatable bonds is 30. The van der Waals surface area contributed by atoms with Gasteiger partial charge in [-0.05, 0) is 73.6 Å². The third kappa shape index (κ3) is 23.2. The molecular weight excluding hydrogens is 887 g/mol. The fraction of sp³-hybridized carbons (Fsp3) is 0.404. The first-order chi connectivity index (χ1) is 33.6. The van der Waals surface area contributed by atoms with Crippen molar-refractivity contribution in [1.29, 1.82) is 0 Å². The Morgan fingerprint density at radius 1 is 0.420 bits per heavy atom. The molecule has 5 N–H and O–H groups in total. The number of ether oxygens (including phenoxy) is 5. The third-order valence-electron chi connectivity index (χ3n) is 10.8. The van der Waals surface area contributed by atoms with E-state index in [1.165, 1.54) is 7.11 Å². The molecule has 5 amide bonds. The number of alkyl carbamates (subject to hydrolysis) is 4. The van der Waals surface area contributed by atoms with Gasteiger partial charge < -0.3 is 50.3 Å². The van der Waals surface area contributed by atoms with Gasteiger partial charge in [0, 0.05) is 32.0 Å². The molecule has 17 heteroatoms. The molecule has 17 nitrogen and oxygen atoms in total. The Labute approximate surface area is 403 Å². The van der Waals surface area contributed by atoms with Crippen molar-refractivity contribution >= 4 is 42.0 Å². The Hall–Kier alpha value is -7.43. The van der Waals surface area contributed by atoms with Crippen molar-refractivity contribution in [3.8, 4) is 0 Å². The molecule has 0 aromatic heterocycles. The average molecular weight is 952 g/mol. The molecule has 0 aliphatic rings. The van der Waals surface area contributed by atoms with E-state index in [-0.39, 0.29) is 71.7 Å².